The van der Waals surface area contributed by atoms with Crippen LogP contribution in [0.15, 0.2) is 54.6 Å². The lowest BCUT2D eigenvalue weighted by Gasteiger charge is -2.27. The third kappa shape index (κ3) is 5.20. The lowest BCUT2D eigenvalue weighted by atomic mass is 9.99. The van der Waals surface area contributed by atoms with Crippen LogP contribution in [0.25, 0.3) is 5.57 Å². The van der Waals surface area contributed by atoms with E-state index in [1.165, 1.54) is 5.57 Å². The molecule has 0 unspecified atom stereocenters. The highest BCUT2D eigenvalue weighted by Crippen LogP contribution is 2.24. The van der Waals surface area contributed by atoms with Crippen LogP contribution in [0.2, 0.25) is 0 Å². The molecule has 0 spiro atoms. The van der Waals surface area contributed by atoms with Gasteiger partial charge in [-0.25, -0.2) is 4.79 Å². The minimum Gasteiger partial charge on any atom is -0.508 e. The lowest BCUT2D eigenvalue weighted by Crippen LogP contribution is -2.41. The molecule has 30 heavy (non-hydrogen) atoms. The van der Waals surface area contributed by atoms with Gasteiger partial charge in [-0.3, -0.25) is 4.79 Å². The topological polar surface area (TPSA) is 72.9 Å². The monoisotopic (exact) mass is 407 g/mol. The molecule has 158 valence electrons. The summed E-state index contributed by atoms with van der Waals surface area (Å²) in [6.45, 7) is 6.93. The molecule has 6 nitrogen and oxygen atoms in total. The van der Waals surface area contributed by atoms with Crippen molar-refractivity contribution in [3.8, 4) is 5.75 Å². The molecule has 0 aliphatic carbocycles. The number of urea groups is 1. The van der Waals surface area contributed by atoms with E-state index in [-0.39, 0.29) is 17.7 Å². The number of phenols is 1. The Balaban J connectivity index is 1.51. The van der Waals surface area contributed by atoms with Crippen LogP contribution in [0.5, 0.6) is 5.75 Å². The number of phenolic OH excluding ortho intramolecular Hbond substituents is 1. The summed E-state index contributed by atoms with van der Waals surface area (Å²) in [5.74, 6) is 0.279. The zero-order valence-corrected chi connectivity index (χ0v) is 17.6. The molecule has 2 aromatic carbocycles. The maximum Gasteiger partial charge on any atom is 0.317 e. The van der Waals surface area contributed by atoms with E-state index in [0.29, 0.717) is 38.3 Å². The molecule has 0 saturated heterocycles. The number of nitrogens with zero attached hydrogens (tertiary/aromatic N) is 2. The molecule has 6 heteroatoms. The summed E-state index contributed by atoms with van der Waals surface area (Å²) >= 11 is 0. The molecule has 0 saturated carbocycles. The van der Waals surface area contributed by atoms with Gasteiger partial charge in [-0.05, 0) is 61.2 Å². The first-order valence-electron chi connectivity index (χ1n) is 10.4. The van der Waals surface area contributed by atoms with E-state index >= 15 is 0 Å². The molecule has 1 aliphatic rings. The zero-order valence-electron chi connectivity index (χ0n) is 17.6. The smallest absolute Gasteiger partial charge is 0.317 e. The molecule has 2 N–H and O–H groups in total. The molecule has 3 rings (SSSR count). The Kier molecular flexibility index (Phi) is 7.12. The Morgan fingerprint density at radius 1 is 1.03 bits per heavy atom. The van der Waals surface area contributed by atoms with Crippen molar-refractivity contribution >= 4 is 17.5 Å². The molecule has 0 radical (unpaired) electrons. The van der Waals surface area contributed by atoms with Crippen LogP contribution in [0.3, 0.4) is 0 Å². The Morgan fingerprint density at radius 2 is 1.70 bits per heavy atom. The van der Waals surface area contributed by atoms with E-state index in [2.05, 4.69) is 11.4 Å². The number of carbonyl (C=O) groups excluding carboxylic acids is 2. The Bertz CT molecular complexity index is 900. The number of aromatic hydroxyl groups is 1. The van der Waals surface area contributed by atoms with Gasteiger partial charge in [0.25, 0.3) is 5.91 Å². The van der Waals surface area contributed by atoms with Gasteiger partial charge in [-0.15, -0.1) is 0 Å². The van der Waals surface area contributed by atoms with E-state index in [4.69, 9.17) is 0 Å². The molecule has 2 aromatic rings. The number of rotatable bonds is 6. The van der Waals surface area contributed by atoms with Crippen molar-refractivity contribution in [3.05, 3.63) is 71.3 Å². The van der Waals surface area contributed by atoms with Gasteiger partial charge in [0.05, 0.1) is 0 Å². The Morgan fingerprint density at radius 3 is 2.27 bits per heavy atom. The standard InChI is InChI=1S/C24H29N3O3/c1-3-26(4-2)23(29)21-7-5-18(6-8-21)17-25-24(30)27-15-13-20(14-16-27)19-9-11-22(28)12-10-19/h5-13,28H,3-4,14-17H2,1-2H3,(H,25,30). The fraction of sp³-hybridized carbons (Fsp3) is 0.333. The molecular weight excluding hydrogens is 378 g/mol. The number of amides is 3. The number of hydrogen-bond acceptors (Lipinski definition) is 3. The van der Waals surface area contributed by atoms with Crippen molar-refractivity contribution < 1.29 is 14.7 Å². The summed E-state index contributed by atoms with van der Waals surface area (Å²) in [7, 11) is 0. The summed E-state index contributed by atoms with van der Waals surface area (Å²) in [5, 5.41) is 12.4. The van der Waals surface area contributed by atoms with Crippen LogP contribution >= 0.6 is 0 Å². The van der Waals surface area contributed by atoms with Crippen LogP contribution in [0.1, 0.15) is 41.8 Å². The van der Waals surface area contributed by atoms with Crippen molar-refractivity contribution in [1.29, 1.82) is 0 Å². The average molecular weight is 408 g/mol. The van der Waals surface area contributed by atoms with Gasteiger partial charge in [-0.1, -0.05) is 30.3 Å². The quantitative estimate of drug-likeness (QED) is 0.763. The van der Waals surface area contributed by atoms with Gasteiger partial charge < -0.3 is 20.2 Å². The van der Waals surface area contributed by atoms with E-state index in [0.717, 1.165) is 17.5 Å². The first-order chi connectivity index (χ1) is 14.5. The highest BCUT2D eigenvalue weighted by molar-refractivity contribution is 5.94. The third-order valence-corrected chi connectivity index (χ3v) is 5.43. The molecule has 3 amide bonds. The Hall–Kier alpha value is -3.28. The predicted molar refractivity (Wildman–Crippen MR) is 118 cm³/mol. The number of nitrogens with one attached hydrogen (secondary N) is 1. The second-order valence-corrected chi connectivity index (χ2v) is 7.31. The van der Waals surface area contributed by atoms with Gasteiger partial charge >= 0.3 is 6.03 Å². The fourth-order valence-electron chi connectivity index (χ4n) is 3.54. The van der Waals surface area contributed by atoms with Crippen molar-refractivity contribution in [2.24, 2.45) is 0 Å². The normalized spacial score (nSPS) is 13.5. The van der Waals surface area contributed by atoms with Crippen LogP contribution < -0.4 is 5.32 Å². The third-order valence-electron chi connectivity index (χ3n) is 5.43. The maximum absolute atomic E-state index is 12.5. The van der Waals surface area contributed by atoms with Crippen LogP contribution in [0.4, 0.5) is 4.79 Å². The summed E-state index contributed by atoms with van der Waals surface area (Å²) in [6.07, 6.45) is 2.84. The fourth-order valence-corrected chi connectivity index (χ4v) is 3.54. The molecule has 1 aliphatic heterocycles. The minimum absolute atomic E-state index is 0.0279. The van der Waals surface area contributed by atoms with E-state index in [1.807, 2.05) is 50.2 Å². The van der Waals surface area contributed by atoms with E-state index < -0.39 is 0 Å². The second kappa shape index (κ2) is 9.96. The lowest BCUT2D eigenvalue weighted by molar-refractivity contribution is 0.0773. The number of benzene rings is 2. The SMILES string of the molecule is CCN(CC)C(=O)c1ccc(CNC(=O)N2CC=C(c3ccc(O)cc3)CC2)cc1. The summed E-state index contributed by atoms with van der Waals surface area (Å²) in [6, 6.07) is 14.4. The van der Waals surface area contributed by atoms with Gasteiger partial charge in [0.2, 0.25) is 0 Å². The van der Waals surface area contributed by atoms with Crippen molar-refractivity contribution in [3.63, 3.8) is 0 Å². The highest BCUT2D eigenvalue weighted by atomic mass is 16.3. The molecule has 0 atom stereocenters. The minimum atomic E-state index is -0.0979. The zero-order chi connectivity index (χ0) is 21.5. The van der Waals surface area contributed by atoms with E-state index in [9.17, 15) is 14.7 Å². The predicted octanol–water partition coefficient (Wildman–Crippen LogP) is 3.87. The second-order valence-electron chi connectivity index (χ2n) is 7.31. The van der Waals surface area contributed by atoms with Gasteiger partial charge in [0.15, 0.2) is 0 Å². The molecule has 0 aromatic heterocycles. The van der Waals surface area contributed by atoms with Crippen LogP contribution in [-0.4, -0.2) is 53.0 Å². The highest BCUT2D eigenvalue weighted by Gasteiger charge is 2.18. The van der Waals surface area contributed by atoms with Crippen molar-refractivity contribution in [2.75, 3.05) is 26.2 Å². The average Bonchev–Trinajstić information content (AvgIpc) is 2.79. The largest absolute Gasteiger partial charge is 0.508 e. The van der Waals surface area contributed by atoms with Gasteiger partial charge in [0.1, 0.15) is 5.75 Å². The number of carbonyl (C=O) groups is 2. The summed E-state index contributed by atoms with van der Waals surface area (Å²) in [4.78, 5) is 28.4. The van der Waals surface area contributed by atoms with E-state index in [1.54, 1.807) is 21.9 Å². The summed E-state index contributed by atoms with van der Waals surface area (Å²) in [5.41, 5.74) is 3.88. The number of hydrogen-bond donors (Lipinski definition) is 2. The molecule has 0 bridgehead atoms. The van der Waals surface area contributed by atoms with Crippen LogP contribution in [-0.2, 0) is 6.54 Å². The molecule has 1 heterocycles. The van der Waals surface area contributed by atoms with Gasteiger partial charge in [-0.2, -0.15) is 0 Å². The Labute approximate surface area is 177 Å². The summed E-state index contributed by atoms with van der Waals surface area (Å²) < 4.78 is 0. The van der Waals surface area contributed by atoms with Crippen molar-refractivity contribution in [2.45, 2.75) is 26.8 Å². The molecule has 0 fully saturated rings. The maximum atomic E-state index is 12.5. The van der Waals surface area contributed by atoms with Gasteiger partial charge in [0, 0.05) is 38.3 Å². The first-order valence-corrected chi connectivity index (χ1v) is 10.4. The van der Waals surface area contributed by atoms with Crippen LogP contribution in [0, 0.1) is 0 Å². The van der Waals surface area contributed by atoms with Crippen molar-refractivity contribution in [1.82, 2.24) is 15.1 Å². The molecular formula is C24H29N3O3. The first kappa shape index (κ1) is 21.4.